The molecule has 1 aromatic carbocycles. The number of morpholine rings is 1. The number of para-hydroxylation sites is 1. The molecule has 6 heteroatoms. The summed E-state index contributed by atoms with van der Waals surface area (Å²) in [5.74, 6) is 0.889. The average Bonchev–Trinajstić information content (AvgIpc) is 2.66. The lowest BCUT2D eigenvalue weighted by molar-refractivity contribution is -0.123. The Morgan fingerprint density at radius 1 is 1.19 bits per heavy atom. The molecule has 1 aromatic rings. The van der Waals surface area contributed by atoms with Crippen LogP contribution in [0.5, 0.6) is 5.75 Å². The third-order valence-electron chi connectivity index (χ3n) is 5.56. The van der Waals surface area contributed by atoms with Gasteiger partial charge in [0, 0.05) is 44.3 Å². The first kappa shape index (κ1) is 20.1. The highest BCUT2D eigenvalue weighted by atomic mass is 16.5. The largest absolute Gasteiger partial charge is 0.496 e. The van der Waals surface area contributed by atoms with Crippen molar-refractivity contribution in [1.82, 2.24) is 15.1 Å². The molecule has 1 N–H and O–H groups in total. The van der Waals surface area contributed by atoms with Crippen molar-refractivity contribution < 1.29 is 14.3 Å². The fourth-order valence-electron chi connectivity index (χ4n) is 4.26. The summed E-state index contributed by atoms with van der Waals surface area (Å²) in [4.78, 5) is 17.2. The molecule has 0 aliphatic carbocycles. The summed E-state index contributed by atoms with van der Waals surface area (Å²) in [6.45, 7) is 9.29. The lowest BCUT2D eigenvalue weighted by atomic mass is 10.0. The summed E-state index contributed by atoms with van der Waals surface area (Å²) >= 11 is 0. The van der Waals surface area contributed by atoms with Crippen LogP contribution in [0.15, 0.2) is 24.3 Å². The lowest BCUT2D eigenvalue weighted by Gasteiger charge is -2.43. The number of carbonyl (C=O) groups excluding carboxylic acids is 1. The van der Waals surface area contributed by atoms with Gasteiger partial charge in [0.25, 0.3) is 0 Å². The molecule has 0 bridgehead atoms. The molecule has 1 amide bonds. The number of ether oxygens (including phenoxy) is 2. The highest BCUT2D eigenvalue weighted by Crippen LogP contribution is 2.21. The molecule has 0 unspecified atom stereocenters. The molecule has 2 atom stereocenters. The monoisotopic (exact) mass is 375 g/mol. The summed E-state index contributed by atoms with van der Waals surface area (Å²) in [6.07, 6.45) is 2.87. The molecule has 3 rings (SSSR count). The number of amides is 1. The highest BCUT2D eigenvalue weighted by Gasteiger charge is 2.30. The molecule has 2 heterocycles. The van der Waals surface area contributed by atoms with Gasteiger partial charge in [-0.05, 0) is 32.8 Å². The Morgan fingerprint density at radius 2 is 1.85 bits per heavy atom. The van der Waals surface area contributed by atoms with Gasteiger partial charge in [0.1, 0.15) is 5.75 Å². The van der Waals surface area contributed by atoms with Gasteiger partial charge in [-0.1, -0.05) is 18.2 Å². The van der Waals surface area contributed by atoms with Gasteiger partial charge in [0.15, 0.2) is 0 Å². The van der Waals surface area contributed by atoms with Crippen molar-refractivity contribution in [3.05, 3.63) is 29.8 Å². The quantitative estimate of drug-likeness (QED) is 0.823. The van der Waals surface area contributed by atoms with Crippen LogP contribution >= 0.6 is 0 Å². The number of hydrogen-bond acceptors (Lipinski definition) is 5. The first-order chi connectivity index (χ1) is 13.0. The Bertz CT molecular complexity index is 606. The Hall–Kier alpha value is -1.63. The van der Waals surface area contributed by atoms with Gasteiger partial charge in [-0.2, -0.15) is 0 Å². The van der Waals surface area contributed by atoms with Crippen LogP contribution in [0.2, 0.25) is 0 Å². The van der Waals surface area contributed by atoms with E-state index in [0.717, 1.165) is 50.3 Å². The van der Waals surface area contributed by atoms with Crippen molar-refractivity contribution in [2.24, 2.45) is 0 Å². The van der Waals surface area contributed by atoms with E-state index in [-0.39, 0.29) is 5.91 Å². The number of rotatable bonds is 6. The van der Waals surface area contributed by atoms with Gasteiger partial charge < -0.3 is 14.8 Å². The molecule has 2 aliphatic rings. The number of methoxy groups -OCH3 is 1. The van der Waals surface area contributed by atoms with E-state index < -0.39 is 0 Å². The highest BCUT2D eigenvalue weighted by molar-refractivity contribution is 5.78. The van der Waals surface area contributed by atoms with Gasteiger partial charge in [0.2, 0.25) is 5.91 Å². The van der Waals surface area contributed by atoms with E-state index in [4.69, 9.17) is 9.47 Å². The van der Waals surface area contributed by atoms with Crippen molar-refractivity contribution >= 4 is 5.91 Å². The molecule has 2 fully saturated rings. The third-order valence-corrected chi connectivity index (χ3v) is 5.56. The van der Waals surface area contributed by atoms with Crippen LogP contribution in [0.25, 0.3) is 0 Å². The van der Waals surface area contributed by atoms with E-state index in [2.05, 4.69) is 29.0 Å². The molecule has 0 saturated carbocycles. The minimum atomic E-state index is 0.0768. The van der Waals surface area contributed by atoms with E-state index >= 15 is 0 Å². The lowest BCUT2D eigenvalue weighted by Crippen LogP contribution is -2.53. The predicted molar refractivity (Wildman–Crippen MR) is 106 cm³/mol. The first-order valence-electron chi connectivity index (χ1n) is 10.1. The molecule has 0 aromatic heterocycles. The zero-order valence-corrected chi connectivity index (χ0v) is 16.8. The van der Waals surface area contributed by atoms with Crippen molar-refractivity contribution in [1.29, 1.82) is 0 Å². The van der Waals surface area contributed by atoms with Gasteiger partial charge in [-0.15, -0.1) is 0 Å². The molecule has 0 radical (unpaired) electrons. The van der Waals surface area contributed by atoms with E-state index in [1.165, 1.54) is 0 Å². The summed E-state index contributed by atoms with van der Waals surface area (Å²) in [5, 5.41) is 3.02. The van der Waals surface area contributed by atoms with E-state index in [9.17, 15) is 4.79 Å². The molecule has 0 spiro atoms. The number of nitrogens with one attached hydrogen (secondary N) is 1. The molecule has 150 valence electrons. The number of hydrogen-bond donors (Lipinski definition) is 1. The molecule has 6 nitrogen and oxygen atoms in total. The molecule has 2 aliphatic heterocycles. The van der Waals surface area contributed by atoms with Crippen LogP contribution < -0.4 is 10.1 Å². The van der Waals surface area contributed by atoms with Crippen molar-refractivity contribution in [2.75, 3.05) is 39.8 Å². The zero-order valence-electron chi connectivity index (χ0n) is 16.8. The van der Waals surface area contributed by atoms with E-state index in [1.54, 1.807) is 7.11 Å². The first-order valence-corrected chi connectivity index (χ1v) is 10.1. The molecular formula is C21H33N3O3. The fraction of sp³-hybridized carbons (Fsp3) is 0.667. The second-order valence-electron chi connectivity index (χ2n) is 7.81. The number of piperidine rings is 1. The summed E-state index contributed by atoms with van der Waals surface area (Å²) in [7, 11) is 1.65. The topological polar surface area (TPSA) is 54.0 Å². The Labute approximate surface area is 162 Å². The number of carbonyl (C=O) groups is 1. The zero-order chi connectivity index (χ0) is 19.2. The Kier molecular flexibility index (Phi) is 7.10. The van der Waals surface area contributed by atoms with Crippen molar-refractivity contribution in [3.8, 4) is 5.75 Å². The number of benzene rings is 1. The van der Waals surface area contributed by atoms with Crippen LogP contribution in [0.1, 0.15) is 32.3 Å². The molecular weight excluding hydrogens is 342 g/mol. The second kappa shape index (κ2) is 9.53. The van der Waals surface area contributed by atoms with Gasteiger partial charge >= 0.3 is 0 Å². The van der Waals surface area contributed by atoms with Gasteiger partial charge in [0.05, 0.1) is 25.9 Å². The van der Waals surface area contributed by atoms with Gasteiger partial charge in [-0.3, -0.25) is 14.6 Å². The third kappa shape index (κ3) is 5.67. The maximum absolute atomic E-state index is 12.3. The Morgan fingerprint density at radius 3 is 2.52 bits per heavy atom. The standard InChI is InChI=1S/C21H33N3O3/c1-16-13-24(14-17(2)27-16)19-8-10-23(11-9-19)15-21(25)22-12-18-6-4-5-7-20(18)26-3/h4-7,16-17,19H,8-15H2,1-3H3,(H,22,25)/t16-,17+. The maximum Gasteiger partial charge on any atom is 0.234 e. The minimum Gasteiger partial charge on any atom is -0.496 e. The van der Waals surface area contributed by atoms with E-state index in [1.807, 2.05) is 24.3 Å². The van der Waals surface area contributed by atoms with E-state index in [0.29, 0.717) is 31.3 Å². The SMILES string of the molecule is COc1ccccc1CNC(=O)CN1CCC(N2C[C@@H](C)O[C@@H](C)C2)CC1. The second-order valence-corrected chi connectivity index (χ2v) is 7.81. The van der Waals surface area contributed by atoms with Crippen molar-refractivity contribution in [3.63, 3.8) is 0 Å². The molecule has 27 heavy (non-hydrogen) atoms. The summed E-state index contributed by atoms with van der Waals surface area (Å²) in [5.41, 5.74) is 1.00. The summed E-state index contributed by atoms with van der Waals surface area (Å²) in [6, 6.07) is 8.41. The molecule has 2 saturated heterocycles. The smallest absolute Gasteiger partial charge is 0.234 e. The number of nitrogens with zero attached hydrogens (tertiary/aromatic N) is 2. The fourth-order valence-corrected chi connectivity index (χ4v) is 4.26. The number of likely N-dealkylation sites (tertiary alicyclic amines) is 1. The van der Waals surface area contributed by atoms with Crippen LogP contribution in [0.4, 0.5) is 0 Å². The van der Waals surface area contributed by atoms with Crippen LogP contribution in [0, 0.1) is 0 Å². The predicted octanol–water partition coefficient (Wildman–Crippen LogP) is 1.89. The van der Waals surface area contributed by atoms with Crippen LogP contribution in [-0.2, 0) is 16.1 Å². The average molecular weight is 376 g/mol. The van der Waals surface area contributed by atoms with Gasteiger partial charge in [-0.25, -0.2) is 0 Å². The summed E-state index contributed by atoms with van der Waals surface area (Å²) < 4.78 is 11.2. The Balaban J connectivity index is 1.40. The van der Waals surface area contributed by atoms with Crippen LogP contribution in [0.3, 0.4) is 0 Å². The normalized spacial score (nSPS) is 25.3. The van der Waals surface area contributed by atoms with Crippen LogP contribution in [-0.4, -0.2) is 73.8 Å². The minimum absolute atomic E-state index is 0.0768. The maximum atomic E-state index is 12.3. The van der Waals surface area contributed by atoms with Crippen molar-refractivity contribution in [2.45, 2.75) is 51.5 Å².